The maximum atomic E-state index is 11.7. The van der Waals surface area contributed by atoms with E-state index in [9.17, 15) is 4.79 Å². The lowest BCUT2D eigenvalue weighted by Gasteiger charge is -2.38. The number of ether oxygens (including phenoxy) is 1. The lowest BCUT2D eigenvalue weighted by Crippen LogP contribution is -2.56. The number of carbonyl (C=O) groups excluding carboxylic acids is 1. The predicted molar refractivity (Wildman–Crippen MR) is 66.2 cm³/mol. The normalized spacial score (nSPS) is 23.8. The molecule has 1 aliphatic rings. The average molecular weight is 245 g/mol. The van der Waals surface area contributed by atoms with Crippen LogP contribution in [-0.4, -0.2) is 54.7 Å². The van der Waals surface area contributed by atoms with E-state index in [2.05, 4.69) is 10.2 Å². The van der Waals surface area contributed by atoms with Crippen molar-refractivity contribution in [1.82, 2.24) is 10.2 Å². The molecular weight excluding hydrogens is 226 g/mol. The van der Waals surface area contributed by atoms with Crippen molar-refractivity contribution in [3.63, 3.8) is 0 Å². The number of carbonyl (C=O) groups is 1. The molecule has 16 heavy (non-hydrogen) atoms. The zero-order chi connectivity index (χ0) is 12.1. The summed E-state index contributed by atoms with van der Waals surface area (Å²) < 4.78 is 5.32. The van der Waals surface area contributed by atoms with Gasteiger partial charge >= 0.3 is 0 Å². The lowest BCUT2D eigenvalue weighted by molar-refractivity contribution is -0.133. The van der Waals surface area contributed by atoms with Gasteiger partial charge in [0.25, 0.3) is 0 Å². The van der Waals surface area contributed by atoms with Crippen LogP contribution < -0.4 is 11.1 Å². The smallest absolute Gasteiger partial charge is 0.239 e. The quantitative estimate of drug-likeness (QED) is 0.654. The van der Waals surface area contributed by atoms with Crippen molar-refractivity contribution in [2.45, 2.75) is 25.4 Å². The van der Waals surface area contributed by atoms with Gasteiger partial charge in [-0.05, 0) is 6.92 Å². The van der Waals surface area contributed by atoms with Crippen molar-refractivity contribution in [3.8, 4) is 0 Å². The van der Waals surface area contributed by atoms with E-state index in [1.165, 1.54) is 0 Å². The number of hydrogen-bond donors (Lipinski definition) is 2. The van der Waals surface area contributed by atoms with E-state index in [0.29, 0.717) is 24.6 Å². The largest absolute Gasteiger partial charge is 0.393 e. The fourth-order valence-corrected chi connectivity index (χ4v) is 2.19. The Bertz CT molecular complexity index is 273. The van der Waals surface area contributed by atoms with E-state index in [4.69, 9.17) is 22.7 Å². The molecule has 3 N–H and O–H groups in total. The molecule has 0 aromatic rings. The van der Waals surface area contributed by atoms with Crippen LogP contribution in [0.2, 0.25) is 0 Å². The number of hydrogen-bond acceptors (Lipinski definition) is 4. The van der Waals surface area contributed by atoms with Crippen LogP contribution in [0.25, 0.3) is 0 Å². The minimum absolute atomic E-state index is 0.0190. The standard InChI is InChI=1S/C10H19N3O2S/c1-7(5-9(11)16)13-3-4-15-6-8(13)10(14)12-2/h7-8H,3-6H2,1-2H3,(H2,11,16)(H,12,14). The van der Waals surface area contributed by atoms with E-state index < -0.39 is 0 Å². The van der Waals surface area contributed by atoms with E-state index in [1.807, 2.05) is 6.92 Å². The summed E-state index contributed by atoms with van der Waals surface area (Å²) in [5.41, 5.74) is 5.53. The molecule has 0 bridgehead atoms. The number of likely N-dealkylation sites (N-methyl/N-ethyl adjacent to an activating group) is 1. The fourth-order valence-electron chi connectivity index (χ4n) is 1.95. The Balaban J connectivity index is 2.65. The van der Waals surface area contributed by atoms with Crippen molar-refractivity contribution >= 4 is 23.1 Å². The molecular formula is C10H19N3O2S. The molecule has 0 spiro atoms. The van der Waals surface area contributed by atoms with Gasteiger partial charge in [0.15, 0.2) is 0 Å². The number of nitrogens with one attached hydrogen (secondary N) is 1. The third kappa shape index (κ3) is 3.40. The van der Waals surface area contributed by atoms with Gasteiger partial charge in [-0.1, -0.05) is 12.2 Å². The summed E-state index contributed by atoms with van der Waals surface area (Å²) in [6.07, 6.45) is 0.628. The third-order valence-corrected chi connectivity index (χ3v) is 2.95. The monoisotopic (exact) mass is 245 g/mol. The molecule has 0 radical (unpaired) electrons. The molecule has 1 amide bonds. The maximum Gasteiger partial charge on any atom is 0.239 e. The summed E-state index contributed by atoms with van der Waals surface area (Å²) >= 11 is 4.89. The Hall–Kier alpha value is -0.720. The Labute approximate surface area is 101 Å². The summed E-state index contributed by atoms with van der Waals surface area (Å²) in [5.74, 6) is -0.0190. The van der Waals surface area contributed by atoms with Crippen LogP contribution in [0.15, 0.2) is 0 Å². The van der Waals surface area contributed by atoms with Crippen molar-refractivity contribution in [2.75, 3.05) is 26.8 Å². The summed E-state index contributed by atoms with van der Waals surface area (Å²) in [6.45, 7) is 3.85. The highest BCUT2D eigenvalue weighted by Gasteiger charge is 2.31. The van der Waals surface area contributed by atoms with Gasteiger partial charge in [0, 0.05) is 26.1 Å². The minimum atomic E-state index is -0.233. The Kier molecular flexibility index (Phi) is 5.11. The van der Waals surface area contributed by atoms with E-state index in [0.717, 1.165) is 6.54 Å². The average Bonchev–Trinajstić information content (AvgIpc) is 2.27. The number of rotatable bonds is 4. The van der Waals surface area contributed by atoms with Crippen molar-refractivity contribution in [3.05, 3.63) is 0 Å². The van der Waals surface area contributed by atoms with Crippen molar-refractivity contribution in [1.29, 1.82) is 0 Å². The molecule has 0 saturated carbocycles. The molecule has 0 aromatic heterocycles. The molecule has 6 heteroatoms. The van der Waals surface area contributed by atoms with Gasteiger partial charge in [-0.2, -0.15) is 0 Å². The molecule has 1 saturated heterocycles. The summed E-state index contributed by atoms with van der Waals surface area (Å²) in [5, 5.41) is 2.65. The first-order chi connectivity index (χ1) is 7.56. The molecule has 2 unspecified atom stereocenters. The first-order valence-corrected chi connectivity index (χ1v) is 5.80. The predicted octanol–water partition coefficient (Wildman–Crippen LogP) is -0.502. The molecule has 1 aliphatic heterocycles. The molecule has 2 atom stereocenters. The molecule has 1 heterocycles. The summed E-state index contributed by atoms with van der Waals surface area (Å²) in [4.78, 5) is 14.3. The molecule has 1 rings (SSSR count). The number of nitrogens with zero attached hydrogens (tertiary/aromatic N) is 1. The van der Waals surface area contributed by atoms with E-state index in [-0.39, 0.29) is 18.0 Å². The third-order valence-electron chi connectivity index (χ3n) is 2.78. The van der Waals surface area contributed by atoms with E-state index in [1.54, 1.807) is 7.05 Å². The van der Waals surface area contributed by atoms with E-state index >= 15 is 0 Å². The zero-order valence-corrected chi connectivity index (χ0v) is 10.5. The molecule has 0 aromatic carbocycles. The molecule has 1 fully saturated rings. The molecule has 5 nitrogen and oxygen atoms in total. The number of nitrogens with two attached hydrogens (primary N) is 1. The van der Waals surface area contributed by atoms with Gasteiger partial charge in [-0.15, -0.1) is 0 Å². The van der Waals surface area contributed by atoms with Crippen LogP contribution in [0.5, 0.6) is 0 Å². The first kappa shape index (κ1) is 13.3. The van der Waals surface area contributed by atoms with Crippen LogP contribution in [0.3, 0.4) is 0 Å². The Morgan fingerprint density at radius 3 is 3.00 bits per heavy atom. The van der Waals surface area contributed by atoms with Gasteiger partial charge in [0.1, 0.15) is 6.04 Å². The van der Waals surface area contributed by atoms with Crippen LogP contribution in [0, 0.1) is 0 Å². The second-order valence-electron chi connectivity index (χ2n) is 3.96. The van der Waals surface area contributed by atoms with Gasteiger partial charge in [0.05, 0.1) is 18.2 Å². The second-order valence-corrected chi connectivity index (χ2v) is 4.49. The number of morpholine rings is 1. The highest BCUT2D eigenvalue weighted by Crippen LogP contribution is 2.13. The molecule has 0 aliphatic carbocycles. The van der Waals surface area contributed by atoms with Gasteiger partial charge in [0.2, 0.25) is 5.91 Å². The maximum absolute atomic E-state index is 11.7. The Morgan fingerprint density at radius 1 is 1.75 bits per heavy atom. The number of amides is 1. The number of thiocarbonyl (C=S) groups is 1. The SMILES string of the molecule is CNC(=O)C1COCCN1C(C)CC(N)=S. The summed E-state index contributed by atoms with van der Waals surface area (Å²) in [6, 6.07) is -0.0631. The van der Waals surface area contributed by atoms with Crippen molar-refractivity contribution < 1.29 is 9.53 Å². The lowest BCUT2D eigenvalue weighted by atomic mass is 10.1. The van der Waals surface area contributed by atoms with Crippen LogP contribution in [-0.2, 0) is 9.53 Å². The molecule has 92 valence electrons. The topological polar surface area (TPSA) is 67.6 Å². The highest BCUT2D eigenvalue weighted by molar-refractivity contribution is 7.80. The van der Waals surface area contributed by atoms with Crippen LogP contribution in [0.1, 0.15) is 13.3 Å². The van der Waals surface area contributed by atoms with Crippen LogP contribution in [0.4, 0.5) is 0 Å². The summed E-state index contributed by atoms with van der Waals surface area (Å²) in [7, 11) is 1.63. The highest BCUT2D eigenvalue weighted by atomic mass is 32.1. The first-order valence-electron chi connectivity index (χ1n) is 5.39. The minimum Gasteiger partial charge on any atom is -0.393 e. The van der Waals surface area contributed by atoms with Crippen LogP contribution >= 0.6 is 12.2 Å². The zero-order valence-electron chi connectivity index (χ0n) is 9.73. The fraction of sp³-hybridized carbons (Fsp3) is 0.800. The Morgan fingerprint density at radius 2 is 2.44 bits per heavy atom. The van der Waals surface area contributed by atoms with Gasteiger partial charge < -0.3 is 15.8 Å². The van der Waals surface area contributed by atoms with Gasteiger partial charge in [-0.3, -0.25) is 9.69 Å². The second kappa shape index (κ2) is 6.12. The van der Waals surface area contributed by atoms with Crippen molar-refractivity contribution in [2.24, 2.45) is 5.73 Å². The van der Waals surface area contributed by atoms with Gasteiger partial charge in [-0.25, -0.2) is 0 Å².